The minimum absolute atomic E-state index is 0.0375. The molecule has 0 spiro atoms. The maximum absolute atomic E-state index is 9.27. The molecule has 4 unspecified atom stereocenters. The molecule has 4 atom stereocenters. The maximum Gasteiger partial charge on any atom is 0.211 e. The van der Waals surface area contributed by atoms with E-state index in [0.29, 0.717) is 6.54 Å². The molecule has 6 aromatic carbocycles. The van der Waals surface area contributed by atoms with Gasteiger partial charge in [-0.1, -0.05) is 50.2 Å². The Bertz CT molecular complexity index is 3340. The second-order valence-electron chi connectivity index (χ2n) is 18.0. The van der Waals surface area contributed by atoms with Crippen molar-refractivity contribution in [1.82, 2.24) is 13.7 Å². The number of aromatic nitrogens is 3. The maximum atomic E-state index is 9.27. The molecule has 8 heteroatoms. The molecule has 0 saturated heterocycles. The fraction of sp³-hybridized carbons (Fsp3) is 0.308. The van der Waals surface area contributed by atoms with Crippen molar-refractivity contribution in [3.05, 3.63) is 143 Å². The Hall–Kier alpha value is -5.48. The van der Waals surface area contributed by atoms with Gasteiger partial charge in [0.05, 0.1) is 38.4 Å². The van der Waals surface area contributed by atoms with Gasteiger partial charge in [0.2, 0.25) is 7.16 Å². The van der Waals surface area contributed by atoms with Crippen molar-refractivity contribution in [2.45, 2.75) is 64.4 Å². The van der Waals surface area contributed by atoms with Gasteiger partial charge >= 0.3 is 0 Å². The van der Waals surface area contributed by atoms with E-state index in [-0.39, 0.29) is 57.7 Å². The minimum Gasteiger partial charge on any atom is -0.395 e. The third kappa shape index (κ3) is 5.09. The minimum atomic E-state index is -1.06. The van der Waals surface area contributed by atoms with Crippen molar-refractivity contribution >= 4 is 65.4 Å². The molecule has 16 bridgehead atoms. The predicted octanol–water partition coefficient (Wildman–Crippen LogP) is 8.48. The molecule has 0 fully saturated rings. The second kappa shape index (κ2) is 13.5. The van der Waals surface area contributed by atoms with Gasteiger partial charge in [0.15, 0.2) is 0 Å². The van der Waals surface area contributed by atoms with E-state index in [1.807, 2.05) is 12.1 Å². The fourth-order valence-electron chi connectivity index (χ4n) is 11.2. The zero-order chi connectivity index (χ0) is 45.5. The first-order chi connectivity index (χ1) is 32.2. The number of rotatable bonds is 10. The SMILES string of the molecule is [2H]CC1(CO[2H])c2ccc3c(c2)c2cc(CO[2H])ccc2n3CC(C)C2Cn3c4ccc1cc4c1cc(ccc13)C(CO[2H])(CO[2H])c1ccc3c(c1)c1cc(CO[2H])ccc1n3CC2C. The molecular formula is C52H51N3O5. The van der Waals surface area contributed by atoms with Crippen molar-refractivity contribution in [3.8, 4) is 0 Å². The van der Waals surface area contributed by atoms with Gasteiger partial charge in [-0.15, -0.1) is 0 Å². The normalized spacial score (nSPS) is 22.8. The number of aliphatic hydroxyl groups excluding tert-OH is 5. The molecule has 3 aromatic heterocycles. The molecule has 0 radical (unpaired) electrons. The summed E-state index contributed by atoms with van der Waals surface area (Å²) in [5.41, 5.74) is 9.55. The summed E-state index contributed by atoms with van der Waals surface area (Å²) in [4.78, 5) is 0. The van der Waals surface area contributed by atoms with E-state index in [4.69, 9.17) is 32.7 Å². The van der Waals surface area contributed by atoms with Gasteiger partial charge in [-0.2, -0.15) is 0 Å². The molecule has 0 aliphatic carbocycles. The molecule has 304 valence electrons. The fourth-order valence-corrected chi connectivity index (χ4v) is 11.2. The Kier molecular flexibility index (Phi) is 7.07. The predicted molar refractivity (Wildman–Crippen MR) is 240 cm³/mol. The van der Waals surface area contributed by atoms with Crippen LogP contribution in [0.4, 0.5) is 0 Å². The number of aliphatic hydroxyl groups is 5. The second-order valence-corrected chi connectivity index (χ2v) is 18.0. The molecule has 60 heavy (non-hydrogen) atoms. The lowest BCUT2D eigenvalue weighted by Gasteiger charge is -2.32. The number of hydrogen-bond acceptors (Lipinski definition) is 5. The summed E-state index contributed by atoms with van der Waals surface area (Å²) in [5, 5.41) is 31.9. The lowest BCUT2D eigenvalue weighted by Crippen LogP contribution is -2.36. The van der Waals surface area contributed by atoms with Gasteiger partial charge in [0.25, 0.3) is 0 Å². The van der Waals surface area contributed by atoms with E-state index in [9.17, 15) is 1.37 Å². The summed E-state index contributed by atoms with van der Waals surface area (Å²) >= 11 is 0. The molecule has 9 aromatic rings. The van der Waals surface area contributed by atoms with Crippen LogP contribution in [0.2, 0.25) is 0 Å². The molecule has 7 aliphatic rings. The average molecular weight is 804 g/mol. The Morgan fingerprint density at radius 3 is 1.28 bits per heavy atom. The van der Waals surface area contributed by atoms with Crippen LogP contribution in [0.15, 0.2) is 109 Å². The third-order valence-corrected chi connectivity index (χ3v) is 14.8. The van der Waals surface area contributed by atoms with Crippen LogP contribution in [0.25, 0.3) is 65.4 Å². The van der Waals surface area contributed by atoms with Crippen LogP contribution in [-0.2, 0) is 43.7 Å². The largest absolute Gasteiger partial charge is 0.395 e. The van der Waals surface area contributed by atoms with Crippen LogP contribution in [0.5, 0.6) is 0 Å². The standard InChI is InChI=1S/C52H51N3O5/c1-30-22-53-45-10-4-32(25-56)16-38(45)40-18-34(6-12-47(40)53)51(3,27-58)35-7-13-49-41(19-35)43-21-37-9-15-50(43)55(49)24-44(30)31(2)23-54-46-11-5-33(26-57)17-39(46)42-20-36(8-14-48(42)54)52(37,28-59)29-60/h4-21,30-31,44,56-60H,22-29H2,1-3H3/i3D,56D,57D,58D,59D,60D. The first kappa shape index (κ1) is 31.4. The highest BCUT2D eigenvalue weighted by atomic mass is 16.3. The molecule has 16 rings (SSSR count). The first-order valence-electron chi connectivity index (χ1n) is 23.8. The van der Waals surface area contributed by atoms with E-state index in [0.717, 1.165) is 112 Å². The Morgan fingerprint density at radius 1 is 0.483 bits per heavy atom. The van der Waals surface area contributed by atoms with Gasteiger partial charge in [-0.05, 0) is 131 Å². The summed E-state index contributed by atoms with van der Waals surface area (Å²) in [7, 11) is 0. The van der Waals surface area contributed by atoms with Crippen LogP contribution >= 0.6 is 0 Å². The van der Waals surface area contributed by atoms with Gasteiger partial charge in [0.1, 0.15) is 0 Å². The van der Waals surface area contributed by atoms with Crippen molar-refractivity contribution in [3.63, 3.8) is 0 Å². The zero-order valence-corrected chi connectivity index (χ0v) is 33.9. The van der Waals surface area contributed by atoms with Crippen molar-refractivity contribution in [2.24, 2.45) is 17.8 Å². The summed E-state index contributed by atoms with van der Waals surface area (Å²) in [6.45, 7) is 6.96. The van der Waals surface area contributed by atoms with Gasteiger partial charge < -0.3 is 39.2 Å². The van der Waals surface area contributed by atoms with Gasteiger partial charge in [-0.25, -0.2) is 0 Å². The number of benzene rings is 6. The summed E-state index contributed by atoms with van der Waals surface area (Å²) < 4.78 is 56.3. The number of fused-ring (bicyclic) bond motifs is 2. The Balaban J connectivity index is 1.26. The highest BCUT2D eigenvalue weighted by molar-refractivity contribution is 6.11. The Labute approximate surface area is 357 Å². The Morgan fingerprint density at radius 2 is 0.867 bits per heavy atom. The van der Waals surface area contributed by atoms with E-state index in [2.05, 4.69) is 125 Å². The highest BCUT2D eigenvalue weighted by Crippen LogP contribution is 2.45. The van der Waals surface area contributed by atoms with Crippen LogP contribution in [0, 0.1) is 17.8 Å². The molecule has 8 nitrogen and oxygen atoms in total. The van der Waals surface area contributed by atoms with Crippen LogP contribution < -0.4 is 0 Å². The highest BCUT2D eigenvalue weighted by Gasteiger charge is 2.37. The van der Waals surface area contributed by atoms with Crippen molar-refractivity contribution in [1.29, 1.82) is 7.16 Å². The monoisotopic (exact) mass is 803 g/mol. The molecular weight excluding hydrogens is 747 g/mol. The van der Waals surface area contributed by atoms with Gasteiger partial charge in [0, 0.05) is 91.8 Å². The zero-order valence-electron chi connectivity index (χ0n) is 39.9. The van der Waals surface area contributed by atoms with Crippen LogP contribution in [0.1, 0.15) is 55.5 Å². The van der Waals surface area contributed by atoms with Crippen LogP contribution in [-0.4, -0.2) is 66.2 Å². The topological polar surface area (TPSA) is 116 Å². The number of hydrogen-bond donors (Lipinski definition) is 5. The van der Waals surface area contributed by atoms with E-state index < -0.39 is 10.8 Å². The number of nitrogens with zero attached hydrogens (tertiary/aromatic N) is 3. The van der Waals surface area contributed by atoms with Crippen LogP contribution in [0.3, 0.4) is 0 Å². The summed E-state index contributed by atoms with van der Waals surface area (Å²) in [6.07, 6.45) is 0. The van der Waals surface area contributed by atoms with Crippen molar-refractivity contribution < 1.29 is 26.9 Å². The average Bonchev–Trinajstić information content (AvgIpc) is 3.92. The molecule has 0 amide bonds. The lowest BCUT2D eigenvalue weighted by atomic mass is 9.74. The molecule has 0 saturated carbocycles. The quantitative estimate of drug-likeness (QED) is 0.0952. The first-order valence-corrected chi connectivity index (χ1v) is 21.1. The van der Waals surface area contributed by atoms with Gasteiger partial charge in [-0.3, -0.25) is 0 Å². The van der Waals surface area contributed by atoms with E-state index in [1.165, 1.54) is 0 Å². The molecule has 7 aliphatic heterocycles. The third-order valence-electron chi connectivity index (χ3n) is 14.8. The van der Waals surface area contributed by atoms with E-state index >= 15 is 0 Å². The molecule has 10 heterocycles. The molecule has 5 N–H and O–H groups in total. The smallest absolute Gasteiger partial charge is 0.211 e. The summed E-state index contributed by atoms with van der Waals surface area (Å²) in [5.74, 6) is 0.447. The summed E-state index contributed by atoms with van der Waals surface area (Å²) in [6, 6.07) is 38.4. The lowest BCUT2D eigenvalue weighted by molar-refractivity contribution is 0.143. The van der Waals surface area contributed by atoms with Crippen molar-refractivity contribution in [2.75, 3.05) is 19.8 Å². The van der Waals surface area contributed by atoms with E-state index in [1.54, 1.807) is 0 Å².